The van der Waals surface area contributed by atoms with Crippen molar-refractivity contribution in [3.8, 4) is 11.1 Å². The predicted octanol–water partition coefficient (Wildman–Crippen LogP) is 4.33. The van der Waals surface area contributed by atoms with Gasteiger partial charge in [0, 0.05) is 15.8 Å². The summed E-state index contributed by atoms with van der Waals surface area (Å²) in [4.78, 5) is 0. The van der Waals surface area contributed by atoms with E-state index >= 15 is 0 Å². The summed E-state index contributed by atoms with van der Waals surface area (Å²) in [5.74, 6) is 0. The highest BCUT2D eigenvalue weighted by molar-refractivity contribution is 9.10. The molecule has 0 saturated heterocycles. The molecule has 0 fully saturated rings. The van der Waals surface area contributed by atoms with Gasteiger partial charge in [0.25, 0.3) is 0 Å². The largest absolute Gasteiger partial charge is 0.488 e. The van der Waals surface area contributed by atoms with Crippen LogP contribution < -0.4 is 16.9 Å². The zero-order valence-electron chi connectivity index (χ0n) is 16.4. The third-order valence-corrected chi connectivity index (χ3v) is 4.43. The lowest BCUT2D eigenvalue weighted by molar-refractivity contribution is 0.426. The van der Waals surface area contributed by atoms with Gasteiger partial charge in [0.15, 0.2) is 0 Å². The first-order valence-electron chi connectivity index (χ1n) is 9.29. The van der Waals surface area contributed by atoms with Gasteiger partial charge in [0.05, 0.1) is 0 Å². The Kier molecular flexibility index (Phi) is 9.67. The van der Waals surface area contributed by atoms with Crippen molar-refractivity contribution < 1.29 is 10.0 Å². The smallest absolute Gasteiger partial charge is 0.423 e. The molecule has 0 saturated carbocycles. The molecule has 0 aromatic heterocycles. The third-order valence-electron chi connectivity index (χ3n) is 3.94. The SMILES string of the molecule is Nc1cccc(-c2ccccc2)c1.Nc1cccc(Br)c1.OB(O)c1ccccc1. The number of hydrogen-bond donors (Lipinski definition) is 4. The van der Waals surface area contributed by atoms with E-state index in [1.54, 1.807) is 24.3 Å². The molecule has 0 atom stereocenters. The summed E-state index contributed by atoms with van der Waals surface area (Å²) < 4.78 is 1.03. The van der Waals surface area contributed by atoms with Gasteiger partial charge in [-0.1, -0.05) is 94.8 Å². The molecule has 0 aliphatic carbocycles. The van der Waals surface area contributed by atoms with Crippen LogP contribution in [0.4, 0.5) is 11.4 Å². The van der Waals surface area contributed by atoms with Crippen LogP contribution >= 0.6 is 15.9 Å². The molecule has 4 aromatic carbocycles. The molecule has 0 radical (unpaired) electrons. The molecular formula is C24H24BBrN2O2. The molecule has 0 aliphatic rings. The van der Waals surface area contributed by atoms with E-state index in [0.29, 0.717) is 5.46 Å². The average Bonchev–Trinajstić information content (AvgIpc) is 2.76. The van der Waals surface area contributed by atoms with Gasteiger partial charge in [0.2, 0.25) is 0 Å². The van der Waals surface area contributed by atoms with E-state index in [-0.39, 0.29) is 0 Å². The van der Waals surface area contributed by atoms with Crippen molar-refractivity contribution in [1.29, 1.82) is 0 Å². The van der Waals surface area contributed by atoms with Gasteiger partial charge in [-0.3, -0.25) is 0 Å². The van der Waals surface area contributed by atoms with Gasteiger partial charge in [-0.05, 0) is 46.9 Å². The van der Waals surface area contributed by atoms with Gasteiger partial charge in [-0.25, -0.2) is 0 Å². The summed E-state index contributed by atoms with van der Waals surface area (Å²) in [6.45, 7) is 0. The van der Waals surface area contributed by atoms with Crippen LogP contribution in [0, 0.1) is 0 Å². The fourth-order valence-electron chi connectivity index (χ4n) is 2.48. The van der Waals surface area contributed by atoms with Gasteiger partial charge >= 0.3 is 7.12 Å². The van der Waals surface area contributed by atoms with Crippen LogP contribution in [0.1, 0.15) is 0 Å². The van der Waals surface area contributed by atoms with Crippen molar-refractivity contribution in [3.05, 3.63) is 114 Å². The molecular weight excluding hydrogens is 439 g/mol. The first-order valence-corrected chi connectivity index (χ1v) is 10.1. The van der Waals surface area contributed by atoms with E-state index in [4.69, 9.17) is 21.5 Å². The summed E-state index contributed by atoms with van der Waals surface area (Å²) in [7, 11) is -1.34. The van der Waals surface area contributed by atoms with Crippen LogP contribution in [0.2, 0.25) is 0 Å². The van der Waals surface area contributed by atoms with Gasteiger partial charge in [0.1, 0.15) is 0 Å². The van der Waals surface area contributed by atoms with Crippen molar-refractivity contribution in [2.45, 2.75) is 0 Å². The van der Waals surface area contributed by atoms with Crippen LogP contribution in [-0.2, 0) is 0 Å². The average molecular weight is 463 g/mol. The molecule has 0 spiro atoms. The molecule has 0 aliphatic heterocycles. The molecule has 0 bridgehead atoms. The van der Waals surface area contributed by atoms with Crippen LogP contribution in [-0.4, -0.2) is 17.2 Å². The second-order valence-corrected chi connectivity index (χ2v) is 7.25. The molecule has 0 amide bonds. The standard InChI is InChI=1S/C12H11N.C6H7BO2.C6H6BrN/c13-12-8-4-7-11(9-12)10-5-2-1-3-6-10;8-7(9)6-4-2-1-3-5-6;7-5-2-1-3-6(8)4-5/h1-9H,13H2;1-5,8-9H;1-4H,8H2. The number of anilines is 2. The number of benzene rings is 4. The minimum Gasteiger partial charge on any atom is -0.423 e. The summed E-state index contributed by atoms with van der Waals surface area (Å²) in [6.07, 6.45) is 0. The maximum atomic E-state index is 8.58. The Labute approximate surface area is 186 Å². The summed E-state index contributed by atoms with van der Waals surface area (Å²) in [5.41, 5.74) is 15.6. The molecule has 152 valence electrons. The Balaban J connectivity index is 0.000000167. The topological polar surface area (TPSA) is 92.5 Å². The predicted molar refractivity (Wildman–Crippen MR) is 131 cm³/mol. The number of hydrogen-bond acceptors (Lipinski definition) is 4. The second-order valence-electron chi connectivity index (χ2n) is 6.33. The zero-order valence-corrected chi connectivity index (χ0v) is 18.0. The number of nitrogen functional groups attached to an aromatic ring is 2. The number of rotatable bonds is 2. The van der Waals surface area contributed by atoms with E-state index in [2.05, 4.69) is 34.1 Å². The van der Waals surface area contributed by atoms with Crippen molar-refractivity contribution in [2.75, 3.05) is 11.5 Å². The molecule has 30 heavy (non-hydrogen) atoms. The molecule has 0 unspecified atom stereocenters. The lowest BCUT2D eigenvalue weighted by Crippen LogP contribution is -2.29. The maximum Gasteiger partial charge on any atom is 0.488 e. The van der Waals surface area contributed by atoms with Crippen molar-refractivity contribution in [1.82, 2.24) is 0 Å². The van der Waals surface area contributed by atoms with Crippen molar-refractivity contribution in [3.63, 3.8) is 0 Å². The van der Waals surface area contributed by atoms with E-state index in [9.17, 15) is 0 Å². The fraction of sp³-hybridized carbons (Fsp3) is 0. The normalized spacial score (nSPS) is 9.43. The van der Waals surface area contributed by atoms with Crippen molar-refractivity contribution >= 4 is 39.9 Å². The Morgan fingerprint density at radius 2 is 1.07 bits per heavy atom. The highest BCUT2D eigenvalue weighted by Crippen LogP contribution is 2.20. The maximum absolute atomic E-state index is 8.58. The molecule has 4 nitrogen and oxygen atoms in total. The van der Waals surface area contributed by atoms with E-state index in [1.165, 1.54) is 11.1 Å². The van der Waals surface area contributed by atoms with Crippen molar-refractivity contribution in [2.24, 2.45) is 0 Å². The lowest BCUT2D eigenvalue weighted by atomic mass is 9.81. The van der Waals surface area contributed by atoms with Gasteiger partial charge < -0.3 is 21.5 Å². The fourth-order valence-corrected chi connectivity index (χ4v) is 2.90. The Morgan fingerprint density at radius 3 is 1.50 bits per heavy atom. The minimum atomic E-state index is -1.34. The molecule has 4 aromatic rings. The first-order chi connectivity index (χ1) is 14.5. The van der Waals surface area contributed by atoms with E-state index in [0.717, 1.165) is 15.8 Å². The molecule has 0 heterocycles. The summed E-state index contributed by atoms with van der Waals surface area (Å²) in [6, 6.07) is 34.3. The Hall–Kier alpha value is -3.06. The van der Waals surface area contributed by atoms with E-state index in [1.807, 2.05) is 66.7 Å². The minimum absolute atomic E-state index is 0.525. The molecule has 6 heteroatoms. The van der Waals surface area contributed by atoms with Crippen LogP contribution in [0.3, 0.4) is 0 Å². The third kappa shape index (κ3) is 8.53. The Bertz CT molecular complexity index is 998. The highest BCUT2D eigenvalue weighted by Gasteiger charge is 2.07. The Morgan fingerprint density at radius 1 is 0.567 bits per heavy atom. The van der Waals surface area contributed by atoms with Gasteiger partial charge in [-0.15, -0.1) is 0 Å². The van der Waals surface area contributed by atoms with Crippen LogP contribution in [0.5, 0.6) is 0 Å². The highest BCUT2D eigenvalue weighted by atomic mass is 79.9. The second kappa shape index (κ2) is 12.5. The van der Waals surface area contributed by atoms with Gasteiger partial charge in [-0.2, -0.15) is 0 Å². The lowest BCUT2D eigenvalue weighted by Gasteiger charge is -2.01. The first kappa shape index (κ1) is 23.2. The zero-order chi connectivity index (χ0) is 21.8. The molecule has 6 N–H and O–H groups in total. The monoisotopic (exact) mass is 462 g/mol. The number of nitrogens with two attached hydrogens (primary N) is 2. The quantitative estimate of drug-likeness (QED) is 0.263. The molecule has 4 rings (SSSR count). The van der Waals surface area contributed by atoms with E-state index < -0.39 is 7.12 Å². The summed E-state index contributed by atoms with van der Waals surface area (Å²) >= 11 is 3.28. The summed E-state index contributed by atoms with van der Waals surface area (Å²) in [5, 5.41) is 17.2. The number of halogens is 1. The van der Waals surface area contributed by atoms with Crippen LogP contribution in [0.15, 0.2) is 114 Å². The van der Waals surface area contributed by atoms with Crippen LogP contribution in [0.25, 0.3) is 11.1 Å².